The number of aromatic nitrogens is 1. The van der Waals surface area contributed by atoms with Crippen molar-refractivity contribution in [1.29, 1.82) is 0 Å². The fourth-order valence-corrected chi connectivity index (χ4v) is 6.24. The number of nitrogens with one attached hydrogen (secondary N) is 1. The van der Waals surface area contributed by atoms with Gasteiger partial charge in [0.1, 0.15) is 5.82 Å². The number of hydrogen-bond donors (Lipinski definition) is 1. The number of allylic oxidation sites excluding steroid dienone is 5. The molecule has 1 heterocycles. The van der Waals surface area contributed by atoms with E-state index in [4.69, 9.17) is 0 Å². The highest BCUT2D eigenvalue weighted by atomic mass is 32.2. The number of hydrogen-bond acceptors (Lipinski definition) is 4. The number of halogens is 3. The van der Waals surface area contributed by atoms with Gasteiger partial charge in [-0.1, -0.05) is 43.4 Å². The van der Waals surface area contributed by atoms with Gasteiger partial charge in [-0.05, 0) is 86.9 Å². The summed E-state index contributed by atoms with van der Waals surface area (Å²) in [5.74, 6) is 0.358. The van der Waals surface area contributed by atoms with Crippen molar-refractivity contribution in [1.82, 2.24) is 4.98 Å². The second-order valence-electron chi connectivity index (χ2n) is 9.16. The average Bonchev–Trinajstić information content (AvgIpc) is 2.85. The summed E-state index contributed by atoms with van der Waals surface area (Å²) in [5, 5.41) is 2.65. The van der Waals surface area contributed by atoms with Gasteiger partial charge in [0.05, 0.1) is 15.7 Å². The first kappa shape index (κ1) is 27.7. The summed E-state index contributed by atoms with van der Waals surface area (Å²) in [6.07, 6.45) is 3.48. The smallest absolute Gasteiger partial charge is 0.367 e. The summed E-state index contributed by atoms with van der Waals surface area (Å²) < 4.78 is 64.7. The maximum Gasteiger partial charge on any atom is 0.417 e. The fraction of sp³-hybridized carbons (Fsp3) is 0.393. The van der Waals surface area contributed by atoms with Gasteiger partial charge in [-0.15, -0.1) is 0 Å². The van der Waals surface area contributed by atoms with Gasteiger partial charge < -0.3 is 5.32 Å². The molecule has 0 atom stereocenters. The molecule has 1 aliphatic rings. The number of nitrogens with zero attached hydrogens (tertiary/aromatic N) is 1. The van der Waals surface area contributed by atoms with Crippen LogP contribution in [0.5, 0.6) is 0 Å². The standard InChI is InChI=1S/C28H33F3N2O2S.H2/c1-5-20(19(3)4)17-21(6-2)22-7-12-25(13-8-22)36(34,35)26-14-10-24(11-15-26)33-27-16-9-23(18-32-27)28(29,30)31;/h6-9,12-13,16-18,24,26H,3,5,10-11,14-15H2,1-2,4H3,(H,32,33);1H/b20-17-,21-6+;. The zero-order valence-corrected chi connectivity index (χ0v) is 21.7. The molecular formula is C28H35F3N2O2S. The van der Waals surface area contributed by atoms with Crippen molar-refractivity contribution in [3.63, 3.8) is 0 Å². The van der Waals surface area contributed by atoms with Crippen molar-refractivity contribution in [3.8, 4) is 0 Å². The number of alkyl halides is 3. The third kappa shape index (κ3) is 6.66. The van der Waals surface area contributed by atoms with Crippen molar-refractivity contribution in [3.05, 3.63) is 83.6 Å². The molecule has 2 aromatic rings. The molecule has 8 heteroatoms. The Morgan fingerprint density at radius 1 is 1.14 bits per heavy atom. The first-order valence-electron chi connectivity index (χ1n) is 12.1. The second-order valence-corrected chi connectivity index (χ2v) is 11.4. The topological polar surface area (TPSA) is 59.1 Å². The van der Waals surface area contributed by atoms with Gasteiger partial charge in [-0.3, -0.25) is 0 Å². The van der Waals surface area contributed by atoms with E-state index in [1.807, 2.05) is 32.1 Å². The molecule has 0 amide bonds. The lowest BCUT2D eigenvalue weighted by molar-refractivity contribution is -0.137. The van der Waals surface area contributed by atoms with Crippen molar-refractivity contribution in [2.75, 3.05) is 5.32 Å². The fourth-order valence-electron chi connectivity index (χ4n) is 4.45. The molecule has 1 fully saturated rings. The minimum Gasteiger partial charge on any atom is -0.367 e. The molecule has 0 bridgehead atoms. The Labute approximate surface area is 213 Å². The summed E-state index contributed by atoms with van der Waals surface area (Å²) in [5.41, 5.74) is 3.32. The second kappa shape index (κ2) is 11.5. The largest absolute Gasteiger partial charge is 0.417 e. The van der Waals surface area contributed by atoms with E-state index >= 15 is 0 Å². The molecule has 0 saturated heterocycles. The lowest BCUT2D eigenvalue weighted by Gasteiger charge is -2.29. The highest BCUT2D eigenvalue weighted by Gasteiger charge is 2.33. The van der Waals surface area contributed by atoms with Crippen molar-refractivity contribution >= 4 is 21.2 Å². The van der Waals surface area contributed by atoms with Crippen LogP contribution >= 0.6 is 0 Å². The van der Waals surface area contributed by atoms with Gasteiger partial charge in [0.25, 0.3) is 0 Å². The lowest BCUT2D eigenvalue weighted by atomic mass is 9.95. The maximum atomic E-state index is 13.3. The Morgan fingerprint density at radius 2 is 1.78 bits per heavy atom. The van der Waals surface area contributed by atoms with E-state index in [9.17, 15) is 21.6 Å². The zero-order valence-electron chi connectivity index (χ0n) is 20.9. The maximum absolute atomic E-state index is 13.3. The minimum atomic E-state index is -4.43. The van der Waals surface area contributed by atoms with Gasteiger partial charge in [0.15, 0.2) is 9.84 Å². The van der Waals surface area contributed by atoms with Crippen LogP contribution in [0.25, 0.3) is 5.57 Å². The van der Waals surface area contributed by atoms with E-state index in [2.05, 4.69) is 29.9 Å². The first-order valence-corrected chi connectivity index (χ1v) is 13.7. The lowest BCUT2D eigenvalue weighted by Crippen LogP contribution is -2.33. The first-order chi connectivity index (χ1) is 17.0. The third-order valence-electron chi connectivity index (χ3n) is 6.64. The van der Waals surface area contributed by atoms with Crippen LogP contribution < -0.4 is 5.32 Å². The Balaban J connectivity index is 0.00000481. The highest BCUT2D eigenvalue weighted by molar-refractivity contribution is 7.92. The Bertz CT molecular complexity index is 1230. The van der Waals surface area contributed by atoms with E-state index in [1.54, 1.807) is 12.1 Å². The van der Waals surface area contributed by atoms with Crippen LogP contribution in [0.3, 0.4) is 0 Å². The SMILES string of the molecule is C=C(C)/C(=C\C(=C/C)c1ccc(S(=O)(=O)C2CCC(Nc3ccc(C(F)(F)F)cn3)CC2)cc1)CC.[HH]. The Kier molecular flexibility index (Phi) is 8.82. The van der Waals surface area contributed by atoms with Gasteiger partial charge in [-0.2, -0.15) is 13.2 Å². The molecule has 1 saturated carbocycles. The molecule has 3 rings (SSSR count). The van der Waals surface area contributed by atoms with Gasteiger partial charge >= 0.3 is 6.18 Å². The molecular weight excluding hydrogens is 485 g/mol. The Morgan fingerprint density at radius 3 is 2.25 bits per heavy atom. The molecule has 0 unspecified atom stereocenters. The van der Waals surface area contributed by atoms with Gasteiger partial charge in [0.2, 0.25) is 0 Å². The summed E-state index contributed by atoms with van der Waals surface area (Å²) in [6, 6.07) is 9.29. The van der Waals surface area contributed by atoms with Gasteiger partial charge in [-0.25, -0.2) is 13.4 Å². The predicted octanol–water partition coefficient (Wildman–Crippen LogP) is 7.86. The number of sulfone groups is 1. The quantitative estimate of drug-likeness (QED) is 0.360. The number of anilines is 1. The number of rotatable bonds is 8. The molecule has 36 heavy (non-hydrogen) atoms. The summed E-state index contributed by atoms with van der Waals surface area (Å²) >= 11 is 0. The van der Waals surface area contributed by atoms with Crippen LogP contribution in [-0.2, 0) is 16.0 Å². The molecule has 4 nitrogen and oxygen atoms in total. The van der Waals surface area contributed by atoms with E-state index in [1.165, 1.54) is 6.07 Å². The molecule has 196 valence electrons. The third-order valence-corrected chi connectivity index (χ3v) is 8.92. The minimum absolute atomic E-state index is 0. The van der Waals surface area contributed by atoms with Crippen molar-refractivity contribution in [2.45, 2.75) is 75.2 Å². The van der Waals surface area contributed by atoms with Crippen LogP contribution in [0.15, 0.2) is 77.4 Å². The van der Waals surface area contributed by atoms with E-state index in [0.717, 1.165) is 41.0 Å². The number of benzene rings is 1. The summed E-state index contributed by atoms with van der Waals surface area (Å²) in [7, 11) is -3.49. The molecule has 1 N–H and O–H groups in total. The molecule has 0 aliphatic heterocycles. The van der Waals surface area contributed by atoms with Crippen molar-refractivity contribution < 1.29 is 23.0 Å². The van der Waals surface area contributed by atoms with Crippen LogP contribution in [0, 0.1) is 0 Å². The van der Waals surface area contributed by atoms with Crippen LogP contribution in [0.2, 0.25) is 0 Å². The van der Waals surface area contributed by atoms with Gasteiger partial charge in [0, 0.05) is 13.7 Å². The van der Waals surface area contributed by atoms with Crippen LogP contribution in [0.1, 0.15) is 65.4 Å². The van der Waals surface area contributed by atoms with Crippen LogP contribution in [0.4, 0.5) is 19.0 Å². The van der Waals surface area contributed by atoms with Crippen molar-refractivity contribution in [2.24, 2.45) is 0 Å². The molecule has 1 aliphatic carbocycles. The van der Waals surface area contributed by atoms with E-state index in [-0.39, 0.29) is 7.47 Å². The predicted molar refractivity (Wildman–Crippen MR) is 141 cm³/mol. The normalized spacial score (nSPS) is 19.7. The van der Waals surface area contributed by atoms with Crippen LogP contribution in [-0.4, -0.2) is 24.7 Å². The Hall–Kier alpha value is -2.87. The monoisotopic (exact) mass is 520 g/mol. The summed E-state index contributed by atoms with van der Waals surface area (Å²) in [6.45, 7) is 10.0. The van der Waals surface area contributed by atoms with E-state index in [0.29, 0.717) is 36.4 Å². The number of pyridine rings is 1. The average molecular weight is 521 g/mol. The zero-order chi connectivity index (χ0) is 26.5. The van der Waals surface area contributed by atoms with E-state index < -0.39 is 26.8 Å². The summed E-state index contributed by atoms with van der Waals surface area (Å²) in [4.78, 5) is 4.16. The molecule has 0 spiro atoms. The molecule has 1 aromatic heterocycles. The highest BCUT2D eigenvalue weighted by Crippen LogP contribution is 2.32. The molecule has 1 aromatic carbocycles. The molecule has 0 radical (unpaired) electrons.